The van der Waals surface area contributed by atoms with Crippen LogP contribution in [-0.4, -0.2) is 71.6 Å². The van der Waals surface area contributed by atoms with E-state index >= 15 is 0 Å². The van der Waals surface area contributed by atoms with Crippen LogP contribution in [0.15, 0.2) is 0 Å². The zero-order valence-electron chi connectivity index (χ0n) is 11.9. The number of hydrogen-bond donors (Lipinski definition) is 1. The minimum Gasteiger partial charge on any atom is -0.384 e. The highest BCUT2D eigenvalue weighted by molar-refractivity contribution is 7.90. The highest BCUT2D eigenvalue weighted by Crippen LogP contribution is 2.31. The minimum atomic E-state index is -3.05. The van der Waals surface area contributed by atoms with Crippen LogP contribution >= 0.6 is 0 Å². The van der Waals surface area contributed by atoms with E-state index in [-0.39, 0.29) is 18.2 Å². The molecule has 0 aromatic carbocycles. The second-order valence-corrected chi connectivity index (χ2v) is 7.58. The Morgan fingerprint density at radius 3 is 2.42 bits per heavy atom. The lowest BCUT2D eigenvalue weighted by Gasteiger charge is -2.38. The number of sulfone groups is 1. The topological polar surface area (TPSA) is 75.7 Å². The van der Waals surface area contributed by atoms with Crippen LogP contribution in [0.25, 0.3) is 0 Å². The number of carbonyl (C=O) groups is 1. The molecule has 1 amide bonds. The van der Waals surface area contributed by atoms with Gasteiger partial charge in [-0.25, -0.2) is 8.42 Å². The number of piperidine rings is 1. The summed E-state index contributed by atoms with van der Waals surface area (Å²) < 4.78 is 27.5. The summed E-state index contributed by atoms with van der Waals surface area (Å²) >= 11 is 0. The molecule has 1 heterocycles. The predicted octanol–water partition coefficient (Wildman–Crippen LogP) is -0.494. The van der Waals surface area contributed by atoms with Crippen LogP contribution in [0.1, 0.15) is 12.8 Å². The van der Waals surface area contributed by atoms with Crippen molar-refractivity contribution in [3.63, 3.8) is 0 Å². The maximum Gasteiger partial charge on any atom is 0.230 e. The van der Waals surface area contributed by atoms with Gasteiger partial charge in [-0.1, -0.05) is 0 Å². The van der Waals surface area contributed by atoms with E-state index in [1.807, 2.05) is 0 Å². The third-order valence-corrected chi connectivity index (χ3v) is 4.50. The summed E-state index contributed by atoms with van der Waals surface area (Å²) in [6.07, 6.45) is 2.63. The van der Waals surface area contributed by atoms with Crippen molar-refractivity contribution in [3.05, 3.63) is 0 Å². The molecule has 0 radical (unpaired) electrons. The summed E-state index contributed by atoms with van der Waals surface area (Å²) in [6.45, 7) is 2.19. The van der Waals surface area contributed by atoms with Crippen LogP contribution in [0.4, 0.5) is 0 Å². The molecule has 1 N–H and O–H groups in total. The maximum absolute atomic E-state index is 12.6. The molecule has 1 aliphatic rings. The molecule has 7 heteroatoms. The standard InChI is InChI=1S/C12H24N2O4S/c1-14(8-9-19(3,16)17)11(15)12(10-18-2)4-6-13-7-5-12/h13H,4-10H2,1-3H3. The first kappa shape index (κ1) is 16.4. The molecule has 6 nitrogen and oxygen atoms in total. The molecule has 19 heavy (non-hydrogen) atoms. The van der Waals surface area contributed by atoms with Crippen LogP contribution in [-0.2, 0) is 19.4 Å². The fraction of sp³-hybridized carbons (Fsp3) is 0.917. The molecule has 112 valence electrons. The lowest BCUT2D eigenvalue weighted by molar-refractivity contribution is -0.145. The third-order valence-electron chi connectivity index (χ3n) is 3.58. The maximum atomic E-state index is 12.6. The van der Waals surface area contributed by atoms with Gasteiger partial charge >= 0.3 is 0 Å². The smallest absolute Gasteiger partial charge is 0.230 e. The molecule has 1 aliphatic heterocycles. The Bertz CT molecular complexity index is 396. The van der Waals surface area contributed by atoms with Crippen molar-refractivity contribution in [2.75, 3.05) is 52.4 Å². The number of amides is 1. The Balaban J connectivity index is 2.70. The SMILES string of the molecule is COCC1(C(=O)N(C)CCS(C)(=O)=O)CCNCC1. The first-order valence-electron chi connectivity index (χ1n) is 6.44. The van der Waals surface area contributed by atoms with Gasteiger partial charge in [-0.3, -0.25) is 4.79 Å². The highest BCUT2D eigenvalue weighted by Gasteiger charge is 2.41. The van der Waals surface area contributed by atoms with E-state index in [1.165, 1.54) is 11.2 Å². The van der Waals surface area contributed by atoms with Gasteiger partial charge in [0.15, 0.2) is 0 Å². The van der Waals surface area contributed by atoms with Gasteiger partial charge in [0, 0.05) is 27.0 Å². The summed E-state index contributed by atoms with van der Waals surface area (Å²) in [5.74, 6) is -0.0178. The molecule has 0 aromatic rings. The second kappa shape index (κ2) is 6.67. The molecule has 0 saturated carbocycles. The molecular formula is C12H24N2O4S. The lowest BCUT2D eigenvalue weighted by Crippen LogP contribution is -2.51. The van der Waals surface area contributed by atoms with Gasteiger partial charge in [-0.2, -0.15) is 0 Å². The summed E-state index contributed by atoms with van der Waals surface area (Å²) in [5.41, 5.74) is -0.508. The van der Waals surface area contributed by atoms with E-state index in [0.29, 0.717) is 6.61 Å². The van der Waals surface area contributed by atoms with Gasteiger partial charge in [0.05, 0.1) is 17.8 Å². The van der Waals surface area contributed by atoms with Crippen molar-refractivity contribution in [1.82, 2.24) is 10.2 Å². The van der Waals surface area contributed by atoms with Crippen molar-refractivity contribution in [2.24, 2.45) is 5.41 Å². The van der Waals surface area contributed by atoms with Crippen molar-refractivity contribution in [2.45, 2.75) is 12.8 Å². The Morgan fingerprint density at radius 1 is 1.37 bits per heavy atom. The van der Waals surface area contributed by atoms with Crippen LogP contribution in [0.5, 0.6) is 0 Å². The number of hydrogen-bond acceptors (Lipinski definition) is 5. The van der Waals surface area contributed by atoms with E-state index in [2.05, 4.69) is 5.32 Å². The van der Waals surface area contributed by atoms with Gasteiger partial charge in [-0.15, -0.1) is 0 Å². The Labute approximate surface area is 115 Å². The normalized spacial score (nSPS) is 19.1. The number of methoxy groups -OCH3 is 1. The Kier molecular flexibility index (Phi) is 5.76. The van der Waals surface area contributed by atoms with Gasteiger partial charge < -0.3 is 15.0 Å². The van der Waals surface area contributed by atoms with E-state index in [0.717, 1.165) is 25.9 Å². The Hall–Kier alpha value is -0.660. The average molecular weight is 292 g/mol. The number of carbonyl (C=O) groups excluding carboxylic acids is 1. The molecule has 0 spiro atoms. The first-order chi connectivity index (χ1) is 8.81. The fourth-order valence-corrected chi connectivity index (χ4v) is 3.02. The fourth-order valence-electron chi connectivity index (χ4n) is 2.41. The van der Waals surface area contributed by atoms with Crippen molar-refractivity contribution in [3.8, 4) is 0 Å². The van der Waals surface area contributed by atoms with E-state index in [9.17, 15) is 13.2 Å². The van der Waals surface area contributed by atoms with Crippen molar-refractivity contribution in [1.29, 1.82) is 0 Å². The van der Waals surface area contributed by atoms with Crippen LogP contribution < -0.4 is 5.32 Å². The molecule has 0 bridgehead atoms. The quantitative estimate of drug-likeness (QED) is 0.715. The largest absolute Gasteiger partial charge is 0.384 e. The van der Waals surface area contributed by atoms with Gasteiger partial charge in [0.1, 0.15) is 9.84 Å². The molecule has 0 atom stereocenters. The summed E-state index contributed by atoms with van der Waals surface area (Å²) in [4.78, 5) is 14.1. The molecule has 0 aliphatic carbocycles. The minimum absolute atomic E-state index is 0.00342. The molecule has 1 saturated heterocycles. The Morgan fingerprint density at radius 2 is 1.95 bits per heavy atom. The predicted molar refractivity (Wildman–Crippen MR) is 73.8 cm³/mol. The van der Waals surface area contributed by atoms with Gasteiger partial charge in [-0.05, 0) is 25.9 Å². The second-order valence-electron chi connectivity index (χ2n) is 5.32. The van der Waals surface area contributed by atoms with Crippen LogP contribution in [0, 0.1) is 5.41 Å². The van der Waals surface area contributed by atoms with Crippen LogP contribution in [0.3, 0.4) is 0 Å². The van der Waals surface area contributed by atoms with E-state index in [1.54, 1.807) is 14.2 Å². The number of nitrogens with one attached hydrogen (secondary N) is 1. The number of rotatable bonds is 6. The van der Waals surface area contributed by atoms with Gasteiger partial charge in [0.25, 0.3) is 0 Å². The highest BCUT2D eigenvalue weighted by atomic mass is 32.2. The number of nitrogens with zero attached hydrogens (tertiary/aromatic N) is 1. The third kappa shape index (κ3) is 4.74. The van der Waals surface area contributed by atoms with Crippen LogP contribution in [0.2, 0.25) is 0 Å². The van der Waals surface area contributed by atoms with Gasteiger partial charge in [0.2, 0.25) is 5.91 Å². The summed E-state index contributed by atoms with van der Waals surface area (Å²) in [6, 6.07) is 0. The first-order valence-corrected chi connectivity index (χ1v) is 8.50. The summed E-state index contributed by atoms with van der Waals surface area (Å²) in [5, 5.41) is 3.23. The zero-order chi connectivity index (χ0) is 14.5. The van der Waals surface area contributed by atoms with Crippen molar-refractivity contribution >= 4 is 15.7 Å². The van der Waals surface area contributed by atoms with E-state index < -0.39 is 15.3 Å². The molecule has 1 rings (SSSR count). The number of ether oxygens (including phenoxy) is 1. The zero-order valence-corrected chi connectivity index (χ0v) is 12.8. The van der Waals surface area contributed by atoms with E-state index in [4.69, 9.17) is 4.74 Å². The lowest BCUT2D eigenvalue weighted by atomic mass is 9.78. The molecular weight excluding hydrogens is 268 g/mol. The van der Waals surface area contributed by atoms with Crippen molar-refractivity contribution < 1.29 is 17.9 Å². The molecule has 0 unspecified atom stereocenters. The molecule has 0 aromatic heterocycles. The summed E-state index contributed by atoms with van der Waals surface area (Å²) in [7, 11) is 0.198. The molecule has 1 fully saturated rings. The average Bonchev–Trinajstić information content (AvgIpc) is 2.35. The monoisotopic (exact) mass is 292 g/mol.